The number of carbonyl (C=O) groups excluding carboxylic acids is 4. The molecule has 2 rings (SSSR count). The van der Waals surface area contributed by atoms with Gasteiger partial charge in [0.15, 0.2) is 0 Å². The van der Waals surface area contributed by atoms with Crippen molar-refractivity contribution in [2.45, 2.75) is 41.5 Å². The molecule has 2 aliphatic heterocycles. The van der Waals surface area contributed by atoms with Crippen LogP contribution in [0.15, 0.2) is 22.3 Å². The molecule has 0 unspecified atom stereocenters. The van der Waals surface area contributed by atoms with Gasteiger partial charge in [-0.25, -0.2) is 0 Å². The van der Waals surface area contributed by atoms with Gasteiger partial charge < -0.3 is 0 Å². The van der Waals surface area contributed by atoms with Crippen molar-refractivity contribution in [2.75, 3.05) is 0 Å². The normalized spacial score (nSPS) is 20.7. The van der Waals surface area contributed by atoms with E-state index in [9.17, 15) is 19.2 Å². The van der Waals surface area contributed by atoms with E-state index in [-0.39, 0.29) is 16.7 Å². The summed E-state index contributed by atoms with van der Waals surface area (Å²) in [7, 11) is 0. The van der Waals surface area contributed by atoms with Gasteiger partial charge in [0.1, 0.15) is 0 Å². The Morgan fingerprint density at radius 2 is 0.952 bits per heavy atom. The minimum Gasteiger partial charge on any atom is -0.267 e. The van der Waals surface area contributed by atoms with Gasteiger partial charge in [-0.3, -0.25) is 19.2 Å². The lowest BCUT2D eigenvalue weighted by molar-refractivity contribution is -0.170. The molecule has 0 radical (unpaired) electrons. The number of hydrogen-bond acceptors (Lipinski definition) is 4. The molecular weight excluding hydrogens is 272 g/mol. The van der Waals surface area contributed by atoms with Crippen LogP contribution in [-0.4, -0.2) is 33.6 Å². The van der Waals surface area contributed by atoms with Crippen molar-refractivity contribution in [1.82, 2.24) is 10.0 Å². The minimum absolute atomic E-state index is 0.252. The van der Waals surface area contributed by atoms with E-state index >= 15 is 0 Å². The molecule has 0 bridgehead atoms. The van der Waals surface area contributed by atoms with E-state index in [4.69, 9.17) is 0 Å². The van der Waals surface area contributed by atoms with Crippen LogP contribution in [0.5, 0.6) is 0 Å². The molecule has 112 valence electrons. The van der Waals surface area contributed by atoms with Crippen LogP contribution in [0.4, 0.5) is 0 Å². The molecule has 0 saturated carbocycles. The number of hydrogen-bond donors (Lipinski definition) is 0. The zero-order valence-corrected chi connectivity index (χ0v) is 13.0. The molecule has 21 heavy (non-hydrogen) atoms. The van der Waals surface area contributed by atoms with Gasteiger partial charge in [0, 0.05) is 22.3 Å². The van der Waals surface area contributed by atoms with E-state index in [2.05, 4.69) is 0 Å². The van der Waals surface area contributed by atoms with Crippen LogP contribution >= 0.6 is 0 Å². The number of rotatable bonds is 1. The first-order valence-corrected chi connectivity index (χ1v) is 6.66. The molecule has 0 aromatic heterocycles. The molecule has 0 saturated heterocycles. The SMILES string of the molecule is CC1=C(C)C(=O)N(N2C(=O)C(C)=C(C(C)(C)C)C2=O)C1=O. The fourth-order valence-electron chi connectivity index (χ4n) is 2.60. The van der Waals surface area contributed by atoms with E-state index in [1.807, 2.05) is 20.8 Å². The lowest BCUT2D eigenvalue weighted by Gasteiger charge is -2.26. The minimum atomic E-state index is -0.623. The molecule has 6 nitrogen and oxygen atoms in total. The summed E-state index contributed by atoms with van der Waals surface area (Å²) in [5, 5.41) is 1.32. The van der Waals surface area contributed by atoms with Gasteiger partial charge >= 0.3 is 0 Å². The molecule has 6 heteroatoms. The largest absolute Gasteiger partial charge is 0.277 e. The number of amides is 4. The van der Waals surface area contributed by atoms with Crippen LogP contribution in [0.1, 0.15) is 41.5 Å². The Morgan fingerprint density at radius 1 is 0.619 bits per heavy atom. The summed E-state index contributed by atoms with van der Waals surface area (Å²) in [6.07, 6.45) is 0. The Kier molecular flexibility index (Phi) is 3.16. The van der Waals surface area contributed by atoms with Crippen molar-refractivity contribution < 1.29 is 19.2 Å². The van der Waals surface area contributed by atoms with Crippen LogP contribution in [0.3, 0.4) is 0 Å². The van der Waals surface area contributed by atoms with Crippen molar-refractivity contribution >= 4 is 23.6 Å². The van der Waals surface area contributed by atoms with Gasteiger partial charge in [-0.15, -0.1) is 0 Å². The molecular formula is C15H18N2O4. The van der Waals surface area contributed by atoms with Crippen molar-refractivity contribution in [3.63, 3.8) is 0 Å². The molecule has 0 spiro atoms. The number of nitrogens with zero attached hydrogens (tertiary/aromatic N) is 2. The molecule has 2 aliphatic rings. The van der Waals surface area contributed by atoms with Crippen LogP contribution in [-0.2, 0) is 19.2 Å². The highest BCUT2D eigenvalue weighted by molar-refractivity contribution is 6.26. The summed E-state index contributed by atoms with van der Waals surface area (Å²) in [4.78, 5) is 49.2. The molecule has 0 N–H and O–H groups in total. The average molecular weight is 290 g/mol. The monoisotopic (exact) mass is 290 g/mol. The van der Waals surface area contributed by atoms with Crippen LogP contribution < -0.4 is 0 Å². The van der Waals surface area contributed by atoms with Crippen molar-refractivity contribution in [1.29, 1.82) is 0 Å². The van der Waals surface area contributed by atoms with Crippen molar-refractivity contribution in [3.05, 3.63) is 22.3 Å². The zero-order valence-electron chi connectivity index (χ0n) is 13.0. The third kappa shape index (κ3) is 1.93. The summed E-state index contributed by atoms with van der Waals surface area (Å²) in [6, 6.07) is 0. The molecule has 0 aliphatic carbocycles. The highest BCUT2D eigenvalue weighted by Gasteiger charge is 2.49. The summed E-state index contributed by atoms with van der Waals surface area (Å²) < 4.78 is 0. The van der Waals surface area contributed by atoms with Gasteiger partial charge in [0.05, 0.1) is 0 Å². The smallest absolute Gasteiger partial charge is 0.267 e. The fraction of sp³-hybridized carbons (Fsp3) is 0.467. The van der Waals surface area contributed by atoms with E-state index in [1.54, 1.807) is 6.92 Å². The van der Waals surface area contributed by atoms with Gasteiger partial charge in [0.2, 0.25) is 0 Å². The summed E-state index contributed by atoms with van der Waals surface area (Å²) >= 11 is 0. The van der Waals surface area contributed by atoms with E-state index in [1.165, 1.54) is 13.8 Å². The molecule has 0 atom stereocenters. The summed E-state index contributed by atoms with van der Waals surface area (Å²) in [5.41, 5.74) is 0.560. The predicted octanol–water partition coefficient (Wildman–Crippen LogP) is 1.34. The molecule has 4 amide bonds. The van der Waals surface area contributed by atoms with Crippen LogP contribution in [0, 0.1) is 5.41 Å². The van der Waals surface area contributed by atoms with Crippen molar-refractivity contribution in [2.24, 2.45) is 5.41 Å². The number of hydrazine groups is 1. The molecule has 0 fully saturated rings. The molecule has 0 aromatic carbocycles. The first kappa shape index (κ1) is 15.2. The lowest BCUT2D eigenvalue weighted by atomic mass is 9.84. The third-order valence-corrected chi connectivity index (χ3v) is 3.83. The van der Waals surface area contributed by atoms with Crippen molar-refractivity contribution in [3.8, 4) is 0 Å². The highest BCUT2D eigenvalue weighted by atomic mass is 16.2. The topological polar surface area (TPSA) is 74.8 Å². The zero-order chi connectivity index (χ0) is 16.3. The Bertz CT molecular complexity index is 638. The molecule has 2 heterocycles. The fourth-order valence-corrected chi connectivity index (χ4v) is 2.60. The average Bonchev–Trinajstić information content (AvgIpc) is 2.68. The standard InChI is InChI=1S/C15H18N2O4/c1-7-8(2)12(19)16(11(7)18)17-13(20)9(3)10(14(17)21)15(4,5)6/h1-6H3. The summed E-state index contributed by atoms with van der Waals surface area (Å²) in [5.74, 6) is -2.47. The second-order valence-electron chi connectivity index (χ2n) is 6.34. The van der Waals surface area contributed by atoms with Gasteiger partial charge in [-0.2, -0.15) is 10.0 Å². The maximum absolute atomic E-state index is 12.5. The second kappa shape index (κ2) is 4.38. The number of imide groups is 2. The third-order valence-electron chi connectivity index (χ3n) is 3.83. The first-order chi connectivity index (χ1) is 9.50. The van der Waals surface area contributed by atoms with Gasteiger partial charge in [-0.05, 0) is 26.2 Å². The highest BCUT2D eigenvalue weighted by Crippen LogP contribution is 2.37. The van der Waals surface area contributed by atoms with E-state index < -0.39 is 29.0 Å². The molecule has 0 aromatic rings. The quantitative estimate of drug-likeness (QED) is 0.683. The Hall–Kier alpha value is -2.24. The van der Waals surface area contributed by atoms with E-state index in [0.717, 1.165) is 0 Å². The maximum atomic E-state index is 12.5. The Labute approximate surface area is 123 Å². The Morgan fingerprint density at radius 3 is 1.29 bits per heavy atom. The number of carbonyl (C=O) groups is 4. The van der Waals surface area contributed by atoms with Gasteiger partial charge in [0.25, 0.3) is 23.6 Å². The predicted molar refractivity (Wildman–Crippen MR) is 74.2 cm³/mol. The lowest BCUT2D eigenvalue weighted by Crippen LogP contribution is -2.51. The van der Waals surface area contributed by atoms with Crippen LogP contribution in [0.25, 0.3) is 0 Å². The van der Waals surface area contributed by atoms with E-state index in [0.29, 0.717) is 15.6 Å². The summed E-state index contributed by atoms with van der Waals surface area (Å²) in [6.45, 7) is 9.98. The van der Waals surface area contributed by atoms with Crippen LogP contribution in [0.2, 0.25) is 0 Å². The first-order valence-electron chi connectivity index (χ1n) is 6.66. The maximum Gasteiger partial charge on any atom is 0.277 e. The Balaban J connectivity index is 2.48. The van der Waals surface area contributed by atoms with Gasteiger partial charge in [-0.1, -0.05) is 20.8 Å². The second-order valence-corrected chi connectivity index (χ2v) is 6.34.